The van der Waals surface area contributed by atoms with Gasteiger partial charge in [0.2, 0.25) is 0 Å². The Morgan fingerprint density at radius 3 is 2.53 bits per heavy atom. The predicted octanol–water partition coefficient (Wildman–Crippen LogP) is 4.53. The molecule has 6 nitrogen and oxygen atoms in total. The zero-order valence-electron chi connectivity index (χ0n) is 16.9. The van der Waals surface area contributed by atoms with E-state index in [1.54, 1.807) is 42.5 Å². The van der Waals surface area contributed by atoms with Crippen LogP contribution in [0, 0.1) is 13.8 Å². The number of carbonyl (C=O) groups excluding carboxylic acids is 2. The first-order valence-electron chi connectivity index (χ1n) is 9.48. The highest BCUT2D eigenvalue weighted by molar-refractivity contribution is 6.51. The number of ether oxygens (including phenoxy) is 1. The second kappa shape index (κ2) is 7.55. The van der Waals surface area contributed by atoms with E-state index in [9.17, 15) is 14.7 Å². The van der Waals surface area contributed by atoms with Gasteiger partial charge in [0.05, 0.1) is 18.9 Å². The third kappa shape index (κ3) is 3.16. The molecule has 0 radical (unpaired) electrons. The SMILES string of the molecule is COc1cccc(/C(O)=C2/C(=O)C(=O)N(c3ccc(C)cc3C)C2c2ccco2)c1. The van der Waals surface area contributed by atoms with Crippen molar-refractivity contribution in [3.05, 3.63) is 88.9 Å². The molecule has 1 aromatic heterocycles. The molecule has 1 saturated heterocycles. The Morgan fingerprint density at radius 2 is 1.87 bits per heavy atom. The summed E-state index contributed by atoms with van der Waals surface area (Å²) in [5, 5.41) is 11.1. The molecule has 2 heterocycles. The van der Waals surface area contributed by atoms with Crippen LogP contribution in [0.2, 0.25) is 0 Å². The van der Waals surface area contributed by atoms with Gasteiger partial charge >= 0.3 is 0 Å². The fraction of sp³-hybridized carbons (Fsp3) is 0.167. The van der Waals surface area contributed by atoms with Gasteiger partial charge < -0.3 is 14.3 Å². The normalized spacial score (nSPS) is 18.1. The number of amides is 1. The van der Waals surface area contributed by atoms with Crippen molar-refractivity contribution in [1.29, 1.82) is 0 Å². The first kappa shape index (κ1) is 19.5. The van der Waals surface area contributed by atoms with Crippen LogP contribution >= 0.6 is 0 Å². The van der Waals surface area contributed by atoms with Gasteiger partial charge in [-0.2, -0.15) is 0 Å². The number of furan rings is 1. The van der Waals surface area contributed by atoms with E-state index in [2.05, 4.69) is 0 Å². The van der Waals surface area contributed by atoms with Crippen LogP contribution in [-0.4, -0.2) is 23.9 Å². The molecule has 1 aliphatic rings. The second-order valence-electron chi connectivity index (χ2n) is 7.21. The van der Waals surface area contributed by atoms with Gasteiger partial charge in [0.15, 0.2) is 0 Å². The van der Waals surface area contributed by atoms with Gasteiger partial charge in [-0.3, -0.25) is 14.5 Å². The number of benzene rings is 2. The third-order valence-corrected chi connectivity index (χ3v) is 5.21. The maximum absolute atomic E-state index is 13.1. The van der Waals surface area contributed by atoms with Crippen LogP contribution in [0.3, 0.4) is 0 Å². The number of hydrogen-bond acceptors (Lipinski definition) is 5. The highest BCUT2D eigenvalue weighted by Gasteiger charge is 2.48. The highest BCUT2D eigenvalue weighted by atomic mass is 16.5. The molecule has 1 N–H and O–H groups in total. The summed E-state index contributed by atoms with van der Waals surface area (Å²) in [5.41, 5.74) is 2.83. The van der Waals surface area contributed by atoms with E-state index < -0.39 is 17.7 Å². The van der Waals surface area contributed by atoms with Crippen LogP contribution in [-0.2, 0) is 9.59 Å². The average Bonchev–Trinajstić information content (AvgIpc) is 3.35. The quantitative estimate of drug-likeness (QED) is 0.393. The number of anilines is 1. The molecule has 1 fully saturated rings. The lowest BCUT2D eigenvalue weighted by atomic mass is 9.98. The number of hydrogen-bond donors (Lipinski definition) is 1. The molecule has 0 aliphatic carbocycles. The molecule has 6 heteroatoms. The Morgan fingerprint density at radius 1 is 1.07 bits per heavy atom. The predicted molar refractivity (Wildman–Crippen MR) is 112 cm³/mol. The molecule has 3 aromatic rings. The third-order valence-electron chi connectivity index (χ3n) is 5.21. The molecule has 1 unspecified atom stereocenters. The Kier molecular flexibility index (Phi) is 4.91. The molecule has 1 aliphatic heterocycles. The Hall–Kier alpha value is -3.80. The molecule has 2 aromatic carbocycles. The van der Waals surface area contributed by atoms with Crippen LogP contribution in [0.5, 0.6) is 5.75 Å². The minimum absolute atomic E-state index is 0.0248. The number of Topliss-reactive ketones (excluding diaryl/α,β-unsaturated/α-hetero) is 1. The Labute approximate surface area is 174 Å². The topological polar surface area (TPSA) is 80.0 Å². The van der Waals surface area contributed by atoms with Crippen LogP contribution in [0.15, 0.2) is 70.9 Å². The van der Waals surface area contributed by atoms with E-state index in [4.69, 9.17) is 9.15 Å². The molecule has 4 rings (SSSR count). The number of aliphatic hydroxyl groups excluding tert-OH is 1. The molecule has 1 atom stereocenters. The largest absolute Gasteiger partial charge is 0.507 e. The molecular formula is C24H21NO5. The monoisotopic (exact) mass is 403 g/mol. The van der Waals surface area contributed by atoms with E-state index in [0.717, 1.165) is 11.1 Å². The summed E-state index contributed by atoms with van der Waals surface area (Å²) in [4.78, 5) is 27.5. The van der Waals surface area contributed by atoms with Gasteiger partial charge in [-0.25, -0.2) is 0 Å². The standard InChI is InChI=1S/C24H21NO5/c1-14-9-10-18(15(2)12-14)25-21(19-8-5-11-30-19)20(23(27)24(25)28)22(26)16-6-4-7-17(13-16)29-3/h4-13,21,26H,1-3H3/b22-20-. The maximum Gasteiger partial charge on any atom is 0.300 e. The molecule has 0 spiro atoms. The van der Waals surface area contributed by atoms with E-state index in [-0.39, 0.29) is 11.3 Å². The zero-order chi connectivity index (χ0) is 21.4. The van der Waals surface area contributed by atoms with Crippen LogP contribution < -0.4 is 9.64 Å². The minimum atomic E-state index is -0.882. The van der Waals surface area contributed by atoms with Crippen molar-refractivity contribution >= 4 is 23.1 Å². The summed E-state index contributed by atoms with van der Waals surface area (Å²) in [5.74, 6) is -0.846. The molecule has 152 valence electrons. The van der Waals surface area contributed by atoms with Gasteiger partial charge in [0.25, 0.3) is 11.7 Å². The number of rotatable bonds is 4. The van der Waals surface area contributed by atoms with Crippen molar-refractivity contribution in [2.24, 2.45) is 0 Å². The van der Waals surface area contributed by atoms with Crippen molar-refractivity contribution in [3.63, 3.8) is 0 Å². The lowest BCUT2D eigenvalue weighted by Crippen LogP contribution is -2.30. The lowest BCUT2D eigenvalue weighted by Gasteiger charge is -2.25. The summed E-state index contributed by atoms with van der Waals surface area (Å²) >= 11 is 0. The van der Waals surface area contributed by atoms with E-state index in [1.165, 1.54) is 18.3 Å². The van der Waals surface area contributed by atoms with E-state index in [1.807, 2.05) is 26.0 Å². The van der Waals surface area contributed by atoms with Crippen molar-refractivity contribution in [3.8, 4) is 5.75 Å². The maximum atomic E-state index is 13.1. The molecular weight excluding hydrogens is 382 g/mol. The number of ketones is 1. The van der Waals surface area contributed by atoms with Crippen LogP contribution in [0.25, 0.3) is 5.76 Å². The molecule has 1 amide bonds. The molecule has 0 saturated carbocycles. The van der Waals surface area contributed by atoms with Gasteiger partial charge in [-0.1, -0.05) is 29.8 Å². The smallest absolute Gasteiger partial charge is 0.300 e. The summed E-state index contributed by atoms with van der Waals surface area (Å²) in [6.07, 6.45) is 1.48. The summed E-state index contributed by atoms with van der Waals surface area (Å²) in [6.45, 7) is 3.83. The van der Waals surface area contributed by atoms with Crippen LogP contribution in [0.1, 0.15) is 28.5 Å². The van der Waals surface area contributed by atoms with Crippen molar-refractivity contribution in [1.82, 2.24) is 0 Å². The summed E-state index contributed by atoms with van der Waals surface area (Å²) in [7, 11) is 1.51. The number of nitrogens with zero attached hydrogens (tertiary/aromatic N) is 1. The van der Waals surface area contributed by atoms with Crippen molar-refractivity contribution in [2.75, 3.05) is 12.0 Å². The first-order chi connectivity index (χ1) is 14.4. The summed E-state index contributed by atoms with van der Waals surface area (Å²) in [6, 6.07) is 14.8. The van der Waals surface area contributed by atoms with Gasteiger partial charge in [-0.15, -0.1) is 0 Å². The van der Waals surface area contributed by atoms with E-state index >= 15 is 0 Å². The number of aryl methyl sites for hydroxylation is 2. The molecule has 30 heavy (non-hydrogen) atoms. The lowest BCUT2D eigenvalue weighted by molar-refractivity contribution is -0.132. The zero-order valence-corrected chi connectivity index (χ0v) is 16.9. The minimum Gasteiger partial charge on any atom is -0.507 e. The highest BCUT2D eigenvalue weighted by Crippen LogP contribution is 2.43. The van der Waals surface area contributed by atoms with Gasteiger partial charge in [0.1, 0.15) is 23.3 Å². The second-order valence-corrected chi connectivity index (χ2v) is 7.21. The van der Waals surface area contributed by atoms with Crippen molar-refractivity contribution < 1.29 is 23.8 Å². The summed E-state index contributed by atoms with van der Waals surface area (Å²) < 4.78 is 10.8. The molecule has 0 bridgehead atoms. The Bertz CT molecular complexity index is 1160. The fourth-order valence-corrected chi connectivity index (χ4v) is 3.80. The number of methoxy groups -OCH3 is 1. The van der Waals surface area contributed by atoms with Gasteiger partial charge in [-0.05, 0) is 49.7 Å². The first-order valence-corrected chi connectivity index (χ1v) is 9.48. The average molecular weight is 403 g/mol. The number of aliphatic hydroxyl groups is 1. The number of carbonyl (C=O) groups is 2. The van der Waals surface area contributed by atoms with Gasteiger partial charge in [0, 0.05) is 11.3 Å². The Balaban J connectivity index is 1.94. The van der Waals surface area contributed by atoms with Crippen LogP contribution in [0.4, 0.5) is 5.69 Å². The van der Waals surface area contributed by atoms with E-state index in [0.29, 0.717) is 22.8 Å². The fourth-order valence-electron chi connectivity index (χ4n) is 3.80. The van der Waals surface area contributed by atoms with Crippen molar-refractivity contribution in [2.45, 2.75) is 19.9 Å².